The van der Waals surface area contributed by atoms with Gasteiger partial charge >= 0.3 is 6.03 Å². The number of nitrogens with zero attached hydrogens (tertiary/aromatic N) is 2. The number of rotatable bonds is 5. The zero-order valence-electron chi connectivity index (χ0n) is 18.7. The first-order chi connectivity index (χ1) is 15.4. The zero-order valence-corrected chi connectivity index (χ0v) is 18.7. The van der Waals surface area contributed by atoms with E-state index in [1.54, 1.807) is 60.4 Å². The Labute approximate surface area is 187 Å². The molecule has 2 N–H and O–H groups in total. The first kappa shape index (κ1) is 22.9. The molecule has 0 spiro atoms. The van der Waals surface area contributed by atoms with Crippen LogP contribution in [0.2, 0.25) is 0 Å². The number of methoxy groups -OCH3 is 2. The molecule has 4 amide bonds. The summed E-state index contributed by atoms with van der Waals surface area (Å²) < 4.78 is 10.5. The fraction of sp³-hybridized carbons (Fsp3) is 0.348. The summed E-state index contributed by atoms with van der Waals surface area (Å²) in [5.41, 5.74) is 2.36. The van der Waals surface area contributed by atoms with Gasteiger partial charge in [0.15, 0.2) is 0 Å². The van der Waals surface area contributed by atoms with Gasteiger partial charge in [0.1, 0.15) is 11.5 Å². The quantitative estimate of drug-likeness (QED) is 0.744. The predicted octanol–water partition coefficient (Wildman–Crippen LogP) is 2.36. The van der Waals surface area contributed by atoms with Crippen LogP contribution >= 0.6 is 0 Å². The standard InChI is InChI=1S/C23H28N4O5/c1-15-5-6-16(21(28)24-2)13-19(15)25-23(30)27-11-9-26(10-12-27)22(29)18-8-7-17(31-3)14-20(18)32-4/h5-8,13-14H,9-12H2,1-4H3,(H,24,28)(H,25,30). The monoisotopic (exact) mass is 440 g/mol. The molecule has 0 saturated carbocycles. The maximum atomic E-state index is 13.0. The van der Waals surface area contributed by atoms with Gasteiger partial charge in [-0.1, -0.05) is 6.07 Å². The highest BCUT2D eigenvalue weighted by molar-refractivity contribution is 5.98. The maximum absolute atomic E-state index is 13.0. The van der Waals surface area contributed by atoms with Gasteiger partial charge in [-0.05, 0) is 36.8 Å². The Balaban J connectivity index is 1.63. The van der Waals surface area contributed by atoms with E-state index in [0.29, 0.717) is 54.5 Å². The van der Waals surface area contributed by atoms with Gasteiger partial charge in [-0.15, -0.1) is 0 Å². The number of carbonyl (C=O) groups is 3. The van der Waals surface area contributed by atoms with Crippen LogP contribution in [0.1, 0.15) is 26.3 Å². The molecule has 0 atom stereocenters. The first-order valence-electron chi connectivity index (χ1n) is 10.3. The van der Waals surface area contributed by atoms with Crippen LogP contribution in [0.3, 0.4) is 0 Å². The fourth-order valence-corrected chi connectivity index (χ4v) is 3.49. The Morgan fingerprint density at radius 2 is 1.59 bits per heavy atom. The van der Waals surface area contributed by atoms with Gasteiger partial charge in [0.25, 0.3) is 11.8 Å². The summed E-state index contributed by atoms with van der Waals surface area (Å²) >= 11 is 0. The normalized spacial score (nSPS) is 13.4. The van der Waals surface area contributed by atoms with Crippen molar-refractivity contribution < 1.29 is 23.9 Å². The molecule has 0 bridgehead atoms. The highest BCUT2D eigenvalue weighted by Crippen LogP contribution is 2.26. The summed E-state index contributed by atoms with van der Waals surface area (Å²) in [6.07, 6.45) is 0. The van der Waals surface area contributed by atoms with Crippen LogP contribution in [0, 0.1) is 6.92 Å². The molecule has 3 rings (SSSR count). The second-order valence-electron chi connectivity index (χ2n) is 7.38. The van der Waals surface area contributed by atoms with Gasteiger partial charge in [0.05, 0.1) is 19.8 Å². The molecule has 170 valence electrons. The number of hydrogen-bond donors (Lipinski definition) is 2. The zero-order chi connectivity index (χ0) is 23.3. The van der Waals surface area contributed by atoms with Gasteiger partial charge in [0.2, 0.25) is 0 Å². The van der Waals surface area contributed by atoms with E-state index in [-0.39, 0.29) is 17.8 Å². The smallest absolute Gasteiger partial charge is 0.321 e. The van der Waals surface area contributed by atoms with Crippen LogP contribution in [0.5, 0.6) is 11.5 Å². The molecule has 9 heteroatoms. The SMILES string of the molecule is CNC(=O)c1ccc(C)c(NC(=O)N2CCN(C(=O)c3ccc(OC)cc3OC)CC2)c1. The van der Waals surface area contributed by atoms with Crippen LogP contribution in [-0.4, -0.2) is 75.1 Å². The van der Waals surface area contributed by atoms with Gasteiger partial charge in [0, 0.05) is 50.5 Å². The average molecular weight is 441 g/mol. The molecule has 0 aliphatic carbocycles. The third-order valence-corrected chi connectivity index (χ3v) is 5.46. The molecule has 1 fully saturated rings. The molecule has 1 heterocycles. The summed E-state index contributed by atoms with van der Waals surface area (Å²) in [4.78, 5) is 41.0. The van der Waals surface area contributed by atoms with Gasteiger partial charge in [-0.25, -0.2) is 4.79 Å². The Bertz CT molecular complexity index is 1020. The van der Waals surface area contributed by atoms with Crippen molar-refractivity contribution in [3.63, 3.8) is 0 Å². The summed E-state index contributed by atoms with van der Waals surface area (Å²) in [5.74, 6) is 0.678. The third-order valence-electron chi connectivity index (χ3n) is 5.46. The second kappa shape index (κ2) is 10.0. The van der Waals surface area contributed by atoms with Crippen LogP contribution in [0.4, 0.5) is 10.5 Å². The van der Waals surface area contributed by atoms with Crippen molar-refractivity contribution in [2.24, 2.45) is 0 Å². The van der Waals surface area contributed by atoms with Gasteiger partial charge < -0.3 is 29.9 Å². The predicted molar refractivity (Wildman–Crippen MR) is 121 cm³/mol. The van der Waals surface area contributed by atoms with Crippen LogP contribution in [0.25, 0.3) is 0 Å². The Morgan fingerprint density at radius 3 is 2.22 bits per heavy atom. The minimum absolute atomic E-state index is 0.154. The number of aryl methyl sites for hydroxylation is 1. The van der Waals surface area contributed by atoms with Crippen molar-refractivity contribution in [2.45, 2.75) is 6.92 Å². The molecule has 1 aliphatic rings. The summed E-state index contributed by atoms with van der Waals surface area (Å²) in [7, 11) is 4.62. The van der Waals surface area contributed by atoms with E-state index in [1.807, 2.05) is 6.92 Å². The number of carbonyl (C=O) groups excluding carboxylic acids is 3. The lowest BCUT2D eigenvalue weighted by atomic mass is 10.1. The molecule has 0 unspecified atom stereocenters. The van der Waals surface area contributed by atoms with E-state index in [1.165, 1.54) is 7.11 Å². The van der Waals surface area contributed by atoms with Crippen LogP contribution in [0.15, 0.2) is 36.4 Å². The minimum atomic E-state index is -0.267. The minimum Gasteiger partial charge on any atom is -0.497 e. The Hall–Kier alpha value is -3.75. The van der Waals surface area contributed by atoms with Crippen molar-refractivity contribution in [2.75, 3.05) is 52.8 Å². The van der Waals surface area contributed by atoms with Gasteiger partial charge in [-0.2, -0.15) is 0 Å². The number of anilines is 1. The second-order valence-corrected chi connectivity index (χ2v) is 7.38. The number of urea groups is 1. The molecular weight excluding hydrogens is 412 g/mol. The topological polar surface area (TPSA) is 100 Å². The van der Waals surface area contributed by atoms with E-state index in [4.69, 9.17) is 9.47 Å². The molecule has 0 aromatic heterocycles. The van der Waals surface area contributed by atoms with Crippen molar-refractivity contribution in [1.29, 1.82) is 0 Å². The van der Waals surface area contributed by atoms with Crippen molar-refractivity contribution in [3.8, 4) is 11.5 Å². The lowest BCUT2D eigenvalue weighted by molar-refractivity contribution is 0.0668. The molecule has 1 aliphatic heterocycles. The van der Waals surface area contributed by atoms with E-state index < -0.39 is 0 Å². The average Bonchev–Trinajstić information content (AvgIpc) is 2.83. The molecule has 2 aromatic rings. The van der Waals surface area contributed by atoms with E-state index in [2.05, 4.69) is 10.6 Å². The molecule has 9 nitrogen and oxygen atoms in total. The van der Waals surface area contributed by atoms with E-state index in [0.717, 1.165) is 5.56 Å². The highest BCUT2D eigenvalue weighted by Gasteiger charge is 2.27. The number of nitrogens with one attached hydrogen (secondary N) is 2. The number of piperazine rings is 1. The van der Waals surface area contributed by atoms with E-state index >= 15 is 0 Å². The maximum Gasteiger partial charge on any atom is 0.321 e. The van der Waals surface area contributed by atoms with Crippen molar-refractivity contribution in [3.05, 3.63) is 53.1 Å². The molecule has 0 radical (unpaired) electrons. The molecule has 32 heavy (non-hydrogen) atoms. The largest absolute Gasteiger partial charge is 0.497 e. The van der Waals surface area contributed by atoms with Crippen molar-refractivity contribution >= 4 is 23.5 Å². The third kappa shape index (κ3) is 4.93. The van der Waals surface area contributed by atoms with Gasteiger partial charge in [-0.3, -0.25) is 9.59 Å². The fourth-order valence-electron chi connectivity index (χ4n) is 3.49. The molecule has 1 saturated heterocycles. The van der Waals surface area contributed by atoms with Crippen LogP contribution < -0.4 is 20.1 Å². The summed E-state index contributed by atoms with van der Waals surface area (Å²) in [6.45, 7) is 3.45. The van der Waals surface area contributed by atoms with Crippen LogP contribution in [-0.2, 0) is 0 Å². The lowest BCUT2D eigenvalue weighted by Gasteiger charge is -2.35. The Morgan fingerprint density at radius 1 is 0.906 bits per heavy atom. The highest BCUT2D eigenvalue weighted by atomic mass is 16.5. The molecular formula is C23H28N4O5. The summed E-state index contributed by atoms with van der Waals surface area (Å²) in [5, 5.41) is 5.45. The number of amides is 4. The van der Waals surface area contributed by atoms with E-state index in [9.17, 15) is 14.4 Å². The summed E-state index contributed by atoms with van der Waals surface area (Å²) in [6, 6.07) is 9.96. The first-order valence-corrected chi connectivity index (χ1v) is 10.3. The number of ether oxygens (including phenoxy) is 2. The lowest BCUT2D eigenvalue weighted by Crippen LogP contribution is -2.51. The number of hydrogen-bond acceptors (Lipinski definition) is 5. The number of benzene rings is 2. The Kier molecular flexibility index (Phi) is 7.19. The van der Waals surface area contributed by atoms with Crippen molar-refractivity contribution in [1.82, 2.24) is 15.1 Å². The molecule has 2 aromatic carbocycles.